The highest BCUT2D eigenvalue weighted by molar-refractivity contribution is 6.32. The number of rotatable bonds is 3. The van der Waals surface area contributed by atoms with Crippen LogP contribution in [0.25, 0.3) is 0 Å². The second-order valence-corrected chi connectivity index (χ2v) is 5.41. The van der Waals surface area contributed by atoms with E-state index in [1.807, 2.05) is 11.0 Å². The molecule has 1 N–H and O–H groups in total. The number of hydrogen-bond acceptors (Lipinski definition) is 5. The Morgan fingerprint density at radius 1 is 1.33 bits per heavy atom. The molecule has 1 saturated heterocycles. The fourth-order valence-corrected chi connectivity index (χ4v) is 2.83. The van der Waals surface area contributed by atoms with Gasteiger partial charge >= 0.3 is 5.97 Å². The summed E-state index contributed by atoms with van der Waals surface area (Å²) in [4.78, 5) is 13.1. The van der Waals surface area contributed by atoms with Crippen LogP contribution in [0.2, 0.25) is 5.02 Å². The number of halogens is 1. The molecule has 2 aliphatic rings. The fourth-order valence-electron chi connectivity index (χ4n) is 2.54. The summed E-state index contributed by atoms with van der Waals surface area (Å²) in [6.45, 7) is 2.76. The first-order chi connectivity index (χ1) is 10.1. The van der Waals surface area contributed by atoms with Crippen LogP contribution in [-0.2, 0) is 16.1 Å². The second kappa shape index (κ2) is 6.09. The molecule has 6 nitrogen and oxygen atoms in total. The van der Waals surface area contributed by atoms with Crippen LogP contribution < -0.4 is 9.47 Å². The fraction of sp³-hybridized carbons (Fsp3) is 0.500. The monoisotopic (exact) mass is 313 g/mol. The van der Waals surface area contributed by atoms with Crippen LogP contribution >= 0.6 is 11.6 Å². The first kappa shape index (κ1) is 14.4. The minimum absolute atomic E-state index is 0.202. The Morgan fingerprint density at radius 3 is 2.95 bits per heavy atom. The van der Waals surface area contributed by atoms with Gasteiger partial charge in [0.1, 0.15) is 19.3 Å². The Bertz CT molecular complexity index is 550. The molecule has 21 heavy (non-hydrogen) atoms. The molecular weight excluding hydrogens is 298 g/mol. The average molecular weight is 314 g/mol. The van der Waals surface area contributed by atoms with Crippen LogP contribution in [0.5, 0.6) is 11.5 Å². The van der Waals surface area contributed by atoms with E-state index in [0.29, 0.717) is 49.4 Å². The van der Waals surface area contributed by atoms with Crippen LogP contribution in [0.15, 0.2) is 12.1 Å². The summed E-state index contributed by atoms with van der Waals surface area (Å²) in [5.41, 5.74) is 0.900. The predicted octanol–water partition coefficient (Wildman–Crippen LogP) is 1.40. The lowest BCUT2D eigenvalue weighted by Crippen LogP contribution is -2.49. The molecule has 0 saturated carbocycles. The molecule has 1 aromatic rings. The van der Waals surface area contributed by atoms with Crippen molar-refractivity contribution in [1.29, 1.82) is 0 Å². The summed E-state index contributed by atoms with van der Waals surface area (Å²) in [6, 6.07) is 3.02. The van der Waals surface area contributed by atoms with Crippen molar-refractivity contribution in [2.45, 2.75) is 12.6 Å². The van der Waals surface area contributed by atoms with E-state index in [-0.39, 0.29) is 6.61 Å². The zero-order valence-corrected chi connectivity index (χ0v) is 12.1. The minimum Gasteiger partial charge on any atom is -0.486 e. The van der Waals surface area contributed by atoms with E-state index in [0.717, 1.165) is 5.56 Å². The number of ether oxygens (including phenoxy) is 3. The van der Waals surface area contributed by atoms with Crippen molar-refractivity contribution in [2.75, 3.05) is 33.0 Å². The molecule has 0 bridgehead atoms. The van der Waals surface area contributed by atoms with Gasteiger partial charge in [-0.25, -0.2) is 0 Å². The standard InChI is InChI=1S/C14H16ClNO5/c15-10-5-9(6-12-13(10)21-4-3-20-12)7-16-1-2-19-8-11(16)14(17)18/h5-6,11H,1-4,7-8H2,(H,17,18). The number of carboxylic acids is 1. The number of carbonyl (C=O) groups is 1. The summed E-state index contributed by atoms with van der Waals surface area (Å²) in [5.74, 6) is 0.297. The topological polar surface area (TPSA) is 68.2 Å². The molecule has 1 atom stereocenters. The number of nitrogens with zero attached hydrogens (tertiary/aromatic N) is 1. The van der Waals surface area contributed by atoms with Gasteiger partial charge in [0.15, 0.2) is 11.5 Å². The van der Waals surface area contributed by atoms with Gasteiger partial charge in [-0.05, 0) is 17.7 Å². The van der Waals surface area contributed by atoms with E-state index in [4.69, 9.17) is 25.8 Å². The van der Waals surface area contributed by atoms with Gasteiger partial charge in [0.2, 0.25) is 0 Å². The second-order valence-electron chi connectivity index (χ2n) is 5.00. The zero-order valence-electron chi connectivity index (χ0n) is 11.4. The SMILES string of the molecule is O=C(O)C1COCCN1Cc1cc(Cl)c2c(c1)OCCO2. The van der Waals surface area contributed by atoms with E-state index in [9.17, 15) is 9.90 Å². The Morgan fingerprint density at radius 2 is 2.14 bits per heavy atom. The van der Waals surface area contributed by atoms with E-state index in [1.54, 1.807) is 6.07 Å². The number of aliphatic carboxylic acids is 1. The van der Waals surface area contributed by atoms with Gasteiger partial charge in [-0.1, -0.05) is 11.6 Å². The molecule has 0 amide bonds. The Labute approximate surface area is 127 Å². The van der Waals surface area contributed by atoms with Crippen LogP contribution in [0.4, 0.5) is 0 Å². The molecule has 0 spiro atoms. The van der Waals surface area contributed by atoms with Crippen LogP contribution in [0, 0.1) is 0 Å². The van der Waals surface area contributed by atoms with Gasteiger partial charge in [0.25, 0.3) is 0 Å². The molecule has 0 aliphatic carbocycles. The Balaban J connectivity index is 1.80. The quantitative estimate of drug-likeness (QED) is 0.909. The highest BCUT2D eigenvalue weighted by atomic mass is 35.5. The summed E-state index contributed by atoms with van der Waals surface area (Å²) in [6.07, 6.45) is 0. The van der Waals surface area contributed by atoms with Gasteiger partial charge in [0.05, 0.1) is 18.2 Å². The highest BCUT2D eigenvalue weighted by Gasteiger charge is 2.29. The summed E-state index contributed by atoms with van der Waals surface area (Å²) >= 11 is 6.20. The first-order valence-electron chi connectivity index (χ1n) is 6.78. The molecule has 7 heteroatoms. The Hall–Kier alpha value is -1.50. The van der Waals surface area contributed by atoms with Crippen molar-refractivity contribution in [3.05, 3.63) is 22.7 Å². The van der Waals surface area contributed by atoms with E-state index in [1.165, 1.54) is 0 Å². The normalized spacial score (nSPS) is 22.0. The van der Waals surface area contributed by atoms with Gasteiger partial charge in [-0.15, -0.1) is 0 Å². The zero-order chi connectivity index (χ0) is 14.8. The smallest absolute Gasteiger partial charge is 0.323 e. The summed E-state index contributed by atoms with van der Waals surface area (Å²) < 4.78 is 16.2. The number of morpholine rings is 1. The lowest BCUT2D eigenvalue weighted by molar-refractivity contribution is -0.150. The maximum absolute atomic E-state index is 11.3. The van der Waals surface area contributed by atoms with Gasteiger partial charge in [-0.3, -0.25) is 9.69 Å². The van der Waals surface area contributed by atoms with Crippen molar-refractivity contribution < 1.29 is 24.1 Å². The summed E-state index contributed by atoms with van der Waals surface area (Å²) in [5, 5.41) is 9.73. The minimum atomic E-state index is -0.877. The van der Waals surface area contributed by atoms with Crippen LogP contribution in [0.3, 0.4) is 0 Å². The molecule has 1 unspecified atom stereocenters. The van der Waals surface area contributed by atoms with Gasteiger partial charge in [0, 0.05) is 13.1 Å². The third-order valence-electron chi connectivity index (χ3n) is 3.57. The lowest BCUT2D eigenvalue weighted by Gasteiger charge is -2.33. The average Bonchev–Trinajstić information content (AvgIpc) is 2.47. The third-order valence-corrected chi connectivity index (χ3v) is 3.85. The molecule has 2 aliphatic heterocycles. The van der Waals surface area contributed by atoms with Crippen molar-refractivity contribution in [2.24, 2.45) is 0 Å². The van der Waals surface area contributed by atoms with Crippen LogP contribution in [0.1, 0.15) is 5.56 Å². The number of carboxylic acid groups (broad SMARTS) is 1. The number of fused-ring (bicyclic) bond motifs is 1. The van der Waals surface area contributed by atoms with E-state index in [2.05, 4.69) is 0 Å². The van der Waals surface area contributed by atoms with Gasteiger partial charge < -0.3 is 19.3 Å². The molecule has 0 aromatic heterocycles. The van der Waals surface area contributed by atoms with E-state index >= 15 is 0 Å². The largest absolute Gasteiger partial charge is 0.486 e. The maximum Gasteiger partial charge on any atom is 0.323 e. The molecule has 2 heterocycles. The molecule has 1 fully saturated rings. The number of benzene rings is 1. The van der Waals surface area contributed by atoms with Crippen molar-refractivity contribution in [1.82, 2.24) is 4.90 Å². The maximum atomic E-state index is 11.3. The Kier molecular flexibility index (Phi) is 4.19. The molecular formula is C14H16ClNO5. The van der Waals surface area contributed by atoms with Crippen LogP contribution in [-0.4, -0.2) is 55.0 Å². The van der Waals surface area contributed by atoms with Crippen molar-refractivity contribution >= 4 is 17.6 Å². The van der Waals surface area contributed by atoms with Crippen molar-refractivity contribution in [3.63, 3.8) is 0 Å². The predicted molar refractivity (Wildman–Crippen MR) is 75.1 cm³/mol. The molecule has 1 aromatic carbocycles. The molecule has 3 rings (SSSR count). The number of hydrogen-bond donors (Lipinski definition) is 1. The molecule has 0 radical (unpaired) electrons. The summed E-state index contributed by atoms with van der Waals surface area (Å²) in [7, 11) is 0. The van der Waals surface area contributed by atoms with Crippen molar-refractivity contribution in [3.8, 4) is 11.5 Å². The molecule has 114 valence electrons. The van der Waals surface area contributed by atoms with E-state index < -0.39 is 12.0 Å². The van der Waals surface area contributed by atoms with Gasteiger partial charge in [-0.2, -0.15) is 0 Å². The first-order valence-corrected chi connectivity index (χ1v) is 7.15. The highest BCUT2D eigenvalue weighted by Crippen LogP contribution is 2.38. The lowest BCUT2D eigenvalue weighted by atomic mass is 10.1. The third kappa shape index (κ3) is 3.07.